The Hall–Kier alpha value is -1.99. The number of nitrogens with zero attached hydrogens (tertiary/aromatic N) is 1. The van der Waals surface area contributed by atoms with Crippen molar-refractivity contribution in [3.8, 4) is 6.07 Å². The van der Waals surface area contributed by atoms with Crippen LogP contribution in [0.1, 0.15) is 11.1 Å². The zero-order valence-corrected chi connectivity index (χ0v) is 14.1. The second kappa shape index (κ2) is 8.03. The summed E-state index contributed by atoms with van der Waals surface area (Å²) < 4.78 is 0. The van der Waals surface area contributed by atoms with E-state index < -0.39 is 5.91 Å². The van der Waals surface area contributed by atoms with Crippen LogP contribution in [0.3, 0.4) is 0 Å². The first kappa shape index (κ1) is 17.4. The predicted octanol–water partition coefficient (Wildman–Crippen LogP) is 4.87. The largest absolute Gasteiger partial charge is 0.347 e. The summed E-state index contributed by atoms with van der Waals surface area (Å²) >= 11 is 17.9. The summed E-state index contributed by atoms with van der Waals surface area (Å²) in [6.07, 6.45) is 1.36. The topological polar surface area (TPSA) is 52.9 Å². The van der Waals surface area contributed by atoms with Gasteiger partial charge in [-0.2, -0.15) is 5.26 Å². The maximum absolute atomic E-state index is 12.1. The van der Waals surface area contributed by atoms with Gasteiger partial charge >= 0.3 is 0 Å². The van der Waals surface area contributed by atoms with Gasteiger partial charge in [-0.05, 0) is 29.3 Å². The number of hydrogen-bond acceptors (Lipinski definition) is 2. The van der Waals surface area contributed by atoms with Crippen LogP contribution >= 0.6 is 34.8 Å². The molecular weight excluding hydrogens is 355 g/mol. The molecule has 2 aromatic rings. The van der Waals surface area contributed by atoms with Crippen LogP contribution in [0.15, 0.2) is 48.0 Å². The second-order valence-electron chi connectivity index (χ2n) is 4.63. The Labute approximate surface area is 149 Å². The minimum Gasteiger partial charge on any atom is -0.347 e. The van der Waals surface area contributed by atoms with Crippen LogP contribution in [-0.2, 0) is 11.3 Å². The number of carbonyl (C=O) groups is 1. The van der Waals surface area contributed by atoms with Gasteiger partial charge in [0.2, 0.25) is 0 Å². The summed E-state index contributed by atoms with van der Waals surface area (Å²) in [6.45, 7) is 0.322. The zero-order chi connectivity index (χ0) is 16.8. The Morgan fingerprint density at radius 1 is 1.17 bits per heavy atom. The van der Waals surface area contributed by atoms with Gasteiger partial charge in [-0.3, -0.25) is 4.79 Å². The summed E-state index contributed by atoms with van der Waals surface area (Å²) in [5.41, 5.74) is 1.26. The van der Waals surface area contributed by atoms with Gasteiger partial charge in [0.25, 0.3) is 5.91 Å². The van der Waals surface area contributed by atoms with Gasteiger partial charge in [0.15, 0.2) is 0 Å². The van der Waals surface area contributed by atoms with Gasteiger partial charge in [-0.15, -0.1) is 0 Å². The molecule has 23 heavy (non-hydrogen) atoms. The number of nitrogens with one attached hydrogen (secondary N) is 1. The van der Waals surface area contributed by atoms with Crippen molar-refractivity contribution >= 4 is 46.8 Å². The van der Waals surface area contributed by atoms with Crippen LogP contribution in [0, 0.1) is 11.3 Å². The number of hydrogen-bond donors (Lipinski definition) is 1. The highest BCUT2D eigenvalue weighted by molar-refractivity contribution is 6.44. The summed E-state index contributed by atoms with van der Waals surface area (Å²) in [7, 11) is 0. The smallest absolute Gasteiger partial charge is 0.262 e. The van der Waals surface area contributed by atoms with E-state index in [1.54, 1.807) is 0 Å². The Bertz CT molecular complexity index is 795. The van der Waals surface area contributed by atoms with Gasteiger partial charge in [0.1, 0.15) is 11.6 Å². The standard InChI is InChI=1S/C17H11Cl3N2O/c18-14-7-12(16(20)15(19)8-14)6-13(9-21)17(23)22-10-11-4-2-1-3-5-11/h1-8H,10H2,(H,22,23). The second-order valence-corrected chi connectivity index (χ2v) is 5.85. The maximum atomic E-state index is 12.1. The average Bonchev–Trinajstić information content (AvgIpc) is 2.55. The van der Waals surface area contributed by atoms with Crippen LogP contribution in [0.5, 0.6) is 0 Å². The highest BCUT2D eigenvalue weighted by Crippen LogP contribution is 2.31. The molecule has 1 N–H and O–H groups in total. The molecule has 0 spiro atoms. The molecule has 3 nitrogen and oxygen atoms in total. The highest BCUT2D eigenvalue weighted by Gasteiger charge is 2.12. The van der Waals surface area contributed by atoms with Gasteiger partial charge in [0, 0.05) is 11.6 Å². The maximum Gasteiger partial charge on any atom is 0.262 e. The molecule has 0 atom stereocenters. The lowest BCUT2D eigenvalue weighted by Gasteiger charge is -2.06. The number of halogens is 3. The van der Waals surface area contributed by atoms with Crippen LogP contribution in [0.4, 0.5) is 0 Å². The number of benzene rings is 2. The van der Waals surface area contributed by atoms with Crippen molar-refractivity contribution in [1.29, 1.82) is 5.26 Å². The van der Waals surface area contributed by atoms with Crippen LogP contribution in [-0.4, -0.2) is 5.91 Å². The van der Waals surface area contributed by atoms with Crippen molar-refractivity contribution in [1.82, 2.24) is 5.32 Å². The van der Waals surface area contributed by atoms with Crippen molar-refractivity contribution in [2.75, 3.05) is 0 Å². The molecule has 0 heterocycles. The van der Waals surface area contributed by atoms with Gasteiger partial charge in [-0.25, -0.2) is 0 Å². The molecule has 0 aliphatic carbocycles. The fourth-order valence-corrected chi connectivity index (χ4v) is 2.53. The molecule has 2 rings (SSSR count). The van der Waals surface area contributed by atoms with Crippen molar-refractivity contribution in [3.05, 3.63) is 74.2 Å². The lowest BCUT2D eigenvalue weighted by atomic mass is 10.1. The SMILES string of the molecule is N#CC(=Cc1cc(Cl)cc(Cl)c1Cl)C(=O)NCc1ccccc1. The molecule has 1 amide bonds. The van der Waals surface area contributed by atoms with Gasteiger partial charge < -0.3 is 5.32 Å². The van der Waals surface area contributed by atoms with Crippen molar-refractivity contribution < 1.29 is 4.79 Å². The Morgan fingerprint density at radius 2 is 1.87 bits per heavy atom. The van der Waals surface area contributed by atoms with Crippen LogP contribution in [0.25, 0.3) is 6.08 Å². The van der Waals surface area contributed by atoms with E-state index in [4.69, 9.17) is 34.8 Å². The number of carbonyl (C=O) groups excluding carboxylic acids is 1. The fraction of sp³-hybridized carbons (Fsp3) is 0.0588. The third-order valence-corrected chi connectivity index (χ3v) is 4.02. The summed E-state index contributed by atoms with van der Waals surface area (Å²) in [6, 6.07) is 14.3. The summed E-state index contributed by atoms with van der Waals surface area (Å²) in [5, 5.41) is 12.7. The monoisotopic (exact) mass is 364 g/mol. The van der Waals surface area contributed by atoms with E-state index in [1.807, 2.05) is 36.4 Å². The molecule has 0 saturated carbocycles. The van der Waals surface area contributed by atoms with E-state index in [9.17, 15) is 10.1 Å². The first-order valence-corrected chi connectivity index (χ1v) is 7.73. The first-order chi connectivity index (χ1) is 11.0. The van der Waals surface area contributed by atoms with E-state index in [1.165, 1.54) is 18.2 Å². The average molecular weight is 366 g/mol. The zero-order valence-electron chi connectivity index (χ0n) is 11.8. The fourth-order valence-electron chi connectivity index (χ4n) is 1.86. The van der Waals surface area contributed by atoms with E-state index >= 15 is 0 Å². The van der Waals surface area contributed by atoms with Gasteiger partial charge in [-0.1, -0.05) is 65.1 Å². The number of rotatable bonds is 4. The first-order valence-electron chi connectivity index (χ1n) is 6.59. The molecular formula is C17H11Cl3N2O. The quantitative estimate of drug-likeness (QED) is 0.477. The molecule has 0 bridgehead atoms. The molecule has 116 valence electrons. The summed E-state index contributed by atoms with van der Waals surface area (Å²) in [5.74, 6) is -0.497. The molecule has 0 aliphatic heterocycles. The van der Waals surface area contributed by atoms with E-state index in [0.29, 0.717) is 17.1 Å². The van der Waals surface area contributed by atoms with E-state index in [0.717, 1.165) is 5.56 Å². The highest BCUT2D eigenvalue weighted by atomic mass is 35.5. The van der Waals surface area contributed by atoms with Crippen LogP contribution < -0.4 is 5.32 Å². The lowest BCUT2D eigenvalue weighted by Crippen LogP contribution is -2.23. The minimum absolute atomic E-state index is 0.0823. The normalized spacial score (nSPS) is 11.0. The third-order valence-electron chi connectivity index (χ3n) is 2.98. The van der Waals surface area contributed by atoms with E-state index in [2.05, 4.69) is 5.32 Å². The predicted molar refractivity (Wildman–Crippen MR) is 93.4 cm³/mol. The molecule has 6 heteroatoms. The molecule has 0 unspecified atom stereocenters. The third kappa shape index (κ3) is 4.74. The van der Waals surface area contributed by atoms with Crippen molar-refractivity contribution in [3.63, 3.8) is 0 Å². The van der Waals surface area contributed by atoms with Crippen LogP contribution in [0.2, 0.25) is 15.1 Å². The Morgan fingerprint density at radius 3 is 2.52 bits per heavy atom. The van der Waals surface area contributed by atoms with Gasteiger partial charge in [0.05, 0.1) is 10.0 Å². The molecule has 0 aliphatic rings. The van der Waals surface area contributed by atoms with Crippen molar-refractivity contribution in [2.24, 2.45) is 0 Å². The van der Waals surface area contributed by atoms with E-state index in [-0.39, 0.29) is 15.6 Å². The number of amides is 1. The Kier molecular flexibility index (Phi) is 6.06. The molecule has 0 radical (unpaired) electrons. The lowest BCUT2D eigenvalue weighted by molar-refractivity contribution is -0.117. The molecule has 0 fully saturated rings. The molecule has 2 aromatic carbocycles. The molecule has 0 saturated heterocycles. The van der Waals surface area contributed by atoms with Crippen molar-refractivity contribution in [2.45, 2.75) is 6.54 Å². The Balaban J connectivity index is 2.19. The molecule has 0 aromatic heterocycles. The minimum atomic E-state index is -0.497. The number of nitriles is 1. The summed E-state index contributed by atoms with van der Waals surface area (Å²) in [4.78, 5) is 12.1.